The zero-order valence-electron chi connectivity index (χ0n) is 15.2. The Hall–Kier alpha value is -2.08. The standard InChI is InChI=1S/C18H28N2O4/c1-6-20(12-14-10-8-7-9-11-14)13-15(16(21)23-5)19-17(22)24-18(2,3)4/h7-11,15H,6,12-13H2,1-5H3,(H,19,22). The van der Waals surface area contributed by atoms with E-state index in [9.17, 15) is 9.59 Å². The van der Waals surface area contributed by atoms with Crippen molar-refractivity contribution in [3.63, 3.8) is 0 Å². The lowest BCUT2D eigenvalue weighted by molar-refractivity contribution is -0.143. The molecule has 0 saturated heterocycles. The average Bonchev–Trinajstić information content (AvgIpc) is 2.51. The summed E-state index contributed by atoms with van der Waals surface area (Å²) < 4.78 is 10.0. The Labute approximate surface area is 144 Å². The number of alkyl carbamates (subject to hydrolysis) is 1. The average molecular weight is 336 g/mol. The molecule has 0 aromatic heterocycles. The summed E-state index contributed by atoms with van der Waals surface area (Å²) in [4.78, 5) is 26.0. The van der Waals surface area contributed by atoms with Crippen molar-refractivity contribution in [1.29, 1.82) is 0 Å². The largest absolute Gasteiger partial charge is 0.467 e. The van der Waals surface area contributed by atoms with Crippen LogP contribution in [0.4, 0.5) is 4.79 Å². The predicted octanol–water partition coefficient (Wildman–Crippen LogP) is 2.57. The van der Waals surface area contributed by atoms with Crippen molar-refractivity contribution in [2.75, 3.05) is 20.2 Å². The van der Waals surface area contributed by atoms with Crippen LogP contribution in [-0.4, -0.2) is 48.8 Å². The van der Waals surface area contributed by atoms with Gasteiger partial charge in [-0.05, 0) is 32.9 Å². The van der Waals surface area contributed by atoms with Gasteiger partial charge in [-0.25, -0.2) is 9.59 Å². The Morgan fingerprint density at radius 3 is 2.33 bits per heavy atom. The molecule has 0 saturated carbocycles. The maximum Gasteiger partial charge on any atom is 0.408 e. The molecular weight excluding hydrogens is 308 g/mol. The lowest BCUT2D eigenvalue weighted by Crippen LogP contribution is -2.50. The summed E-state index contributed by atoms with van der Waals surface area (Å²) >= 11 is 0. The van der Waals surface area contributed by atoms with E-state index in [1.54, 1.807) is 20.8 Å². The number of likely N-dealkylation sites (N-methyl/N-ethyl adjacent to an activating group) is 1. The van der Waals surface area contributed by atoms with Gasteiger partial charge in [0.1, 0.15) is 11.6 Å². The minimum Gasteiger partial charge on any atom is -0.467 e. The van der Waals surface area contributed by atoms with Gasteiger partial charge in [0.25, 0.3) is 0 Å². The Bertz CT molecular complexity index is 526. The van der Waals surface area contributed by atoms with Gasteiger partial charge in [-0.3, -0.25) is 4.90 Å². The number of amides is 1. The van der Waals surface area contributed by atoms with Gasteiger partial charge in [0.05, 0.1) is 7.11 Å². The highest BCUT2D eigenvalue weighted by molar-refractivity contribution is 5.81. The van der Waals surface area contributed by atoms with Crippen LogP contribution >= 0.6 is 0 Å². The van der Waals surface area contributed by atoms with Crippen molar-refractivity contribution >= 4 is 12.1 Å². The fourth-order valence-corrected chi connectivity index (χ4v) is 2.18. The first-order valence-electron chi connectivity index (χ1n) is 8.08. The summed E-state index contributed by atoms with van der Waals surface area (Å²) in [5.41, 5.74) is 0.513. The number of hydrogen-bond donors (Lipinski definition) is 1. The molecular formula is C18H28N2O4. The number of carbonyl (C=O) groups excluding carboxylic acids is 2. The van der Waals surface area contributed by atoms with Gasteiger partial charge in [0.2, 0.25) is 0 Å². The molecule has 1 aromatic rings. The van der Waals surface area contributed by atoms with Crippen molar-refractivity contribution in [3.05, 3.63) is 35.9 Å². The molecule has 0 radical (unpaired) electrons. The molecule has 1 rings (SSSR count). The van der Waals surface area contributed by atoms with E-state index in [2.05, 4.69) is 10.2 Å². The third kappa shape index (κ3) is 7.46. The first-order chi connectivity index (χ1) is 11.2. The van der Waals surface area contributed by atoms with E-state index >= 15 is 0 Å². The maximum atomic E-state index is 12.0. The lowest BCUT2D eigenvalue weighted by atomic mass is 10.2. The molecule has 1 atom stereocenters. The van der Waals surface area contributed by atoms with Gasteiger partial charge in [-0.2, -0.15) is 0 Å². The lowest BCUT2D eigenvalue weighted by Gasteiger charge is -2.27. The number of carbonyl (C=O) groups is 2. The van der Waals surface area contributed by atoms with Crippen LogP contribution in [0.5, 0.6) is 0 Å². The first-order valence-corrected chi connectivity index (χ1v) is 8.08. The summed E-state index contributed by atoms with van der Waals surface area (Å²) in [7, 11) is 1.31. The van der Waals surface area contributed by atoms with Crippen LogP contribution in [0.15, 0.2) is 30.3 Å². The van der Waals surface area contributed by atoms with Crippen molar-refractivity contribution in [3.8, 4) is 0 Å². The fraction of sp³-hybridized carbons (Fsp3) is 0.556. The predicted molar refractivity (Wildman–Crippen MR) is 92.6 cm³/mol. The highest BCUT2D eigenvalue weighted by Crippen LogP contribution is 2.09. The van der Waals surface area contributed by atoms with Gasteiger partial charge in [-0.1, -0.05) is 37.3 Å². The van der Waals surface area contributed by atoms with Gasteiger partial charge in [0.15, 0.2) is 0 Å². The molecule has 1 aromatic carbocycles. The molecule has 134 valence electrons. The van der Waals surface area contributed by atoms with Crippen LogP contribution in [0.25, 0.3) is 0 Å². The van der Waals surface area contributed by atoms with E-state index in [1.807, 2.05) is 37.3 Å². The fourth-order valence-electron chi connectivity index (χ4n) is 2.18. The molecule has 1 amide bonds. The molecule has 24 heavy (non-hydrogen) atoms. The highest BCUT2D eigenvalue weighted by atomic mass is 16.6. The number of benzene rings is 1. The normalized spacial score (nSPS) is 12.6. The topological polar surface area (TPSA) is 67.9 Å². The van der Waals surface area contributed by atoms with Crippen LogP contribution in [-0.2, 0) is 20.8 Å². The first kappa shape index (κ1) is 20.0. The zero-order valence-corrected chi connectivity index (χ0v) is 15.2. The number of ether oxygens (including phenoxy) is 2. The van der Waals surface area contributed by atoms with Crippen LogP contribution < -0.4 is 5.32 Å². The van der Waals surface area contributed by atoms with Gasteiger partial charge in [-0.15, -0.1) is 0 Å². The minimum atomic E-state index is -0.784. The second kappa shape index (κ2) is 9.27. The van der Waals surface area contributed by atoms with E-state index in [1.165, 1.54) is 7.11 Å². The van der Waals surface area contributed by atoms with E-state index in [0.717, 1.165) is 12.1 Å². The number of rotatable bonds is 7. The van der Waals surface area contributed by atoms with E-state index in [-0.39, 0.29) is 0 Å². The van der Waals surface area contributed by atoms with Crippen LogP contribution in [0.2, 0.25) is 0 Å². The molecule has 0 bridgehead atoms. The summed E-state index contributed by atoms with van der Waals surface area (Å²) in [5.74, 6) is -0.493. The molecule has 0 fully saturated rings. The van der Waals surface area contributed by atoms with Crippen molar-refractivity contribution < 1.29 is 19.1 Å². The van der Waals surface area contributed by atoms with Crippen molar-refractivity contribution in [2.24, 2.45) is 0 Å². The van der Waals surface area contributed by atoms with Gasteiger partial charge in [0, 0.05) is 13.1 Å². The smallest absolute Gasteiger partial charge is 0.408 e. The second-order valence-electron chi connectivity index (χ2n) is 6.54. The Morgan fingerprint density at radius 2 is 1.83 bits per heavy atom. The number of esters is 1. The highest BCUT2D eigenvalue weighted by Gasteiger charge is 2.26. The molecule has 0 heterocycles. The molecule has 1 unspecified atom stereocenters. The quantitative estimate of drug-likeness (QED) is 0.775. The zero-order chi connectivity index (χ0) is 18.2. The van der Waals surface area contributed by atoms with Crippen molar-refractivity contribution in [2.45, 2.75) is 45.9 Å². The van der Waals surface area contributed by atoms with Crippen LogP contribution in [0.1, 0.15) is 33.3 Å². The molecule has 0 aliphatic carbocycles. The van der Waals surface area contributed by atoms with E-state index < -0.39 is 23.7 Å². The number of methoxy groups -OCH3 is 1. The summed E-state index contributed by atoms with van der Waals surface area (Å²) in [6.45, 7) is 9.08. The summed E-state index contributed by atoms with van der Waals surface area (Å²) in [6.07, 6.45) is -0.631. The number of nitrogens with one attached hydrogen (secondary N) is 1. The number of hydrogen-bond acceptors (Lipinski definition) is 5. The Balaban J connectivity index is 2.72. The third-order valence-electron chi connectivity index (χ3n) is 3.31. The van der Waals surface area contributed by atoms with Gasteiger partial charge >= 0.3 is 12.1 Å². The maximum absolute atomic E-state index is 12.0. The Morgan fingerprint density at radius 1 is 1.21 bits per heavy atom. The Kier molecular flexibility index (Phi) is 7.71. The molecule has 1 N–H and O–H groups in total. The molecule has 6 heteroatoms. The van der Waals surface area contributed by atoms with Gasteiger partial charge < -0.3 is 14.8 Å². The van der Waals surface area contributed by atoms with Crippen LogP contribution in [0, 0.1) is 0 Å². The molecule has 0 aliphatic rings. The summed E-state index contributed by atoms with van der Waals surface area (Å²) in [6, 6.07) is 9.17. The SMILES string of the molecule is CCN(Cc1ccccc1)CC(NC(=O)OC(C)(C)C)C(=O)OC. The summed E-state index contributed by atoms with van der Waals surface area (Å²) in [5, 5.41) is 2.60. The van der Waals surface area contributed by atoms with Crippen molar-refractivity contribution in [1.82, 2.24) is 10.2 Å². The van der Waals surface area contributed by atoms with Crippen LogP contribution in [0.3, 0.4) is 0 Å². The third-order valence-corrected chi connectivity index (χ3v) is 3.31. The minimum absolute atomic E-state index is 0.345. The number of nitrogens with zero attached hydrogens (tertiary/aromatic N) is 1. The van der Waals surface area contributed by atoms with E-state index in [4.69, 9.17) is 9.47 Å². The molecule has 0 spiro atoms. The monoisotopic (exact) mass is 336 g/mol. The second-order valence-corrected chi connectivity index (χ2v) is 6.54. The molecule has 0 aliphatic heterocycles. The van der Waals surface area contributed by atoms with E-state index in [0.29, 0.717) is 13.1 Å². The molecule has 6 nitrogen and oxygen atoms in total.